The van der Waals surface area contributed by atoms with Crippen LogP contribution in [0.4, 0.5) is 0 Å². The molecule has 0 atom stereocenters. The molecule has 100 valence electrons. The molecule has 0 saturated carbocycles. The van der Waals surface area contributed by atoms with Crippen molar-refractivity contribution in [1.82, 2.24) is 4.90 Å². The van der Waals surface area contributed by atoms with Crippen molar-refractivity contribution in [2.75, 3.05) is 19.6 Å². The van der Waals surface area contributed by atoms with E-state index in [1.807, 2.05) is 0 Å². The molecule has 0 N–H and O–H groups in total. The van der Waals surface area contributed by atoms with Crippen LogP contribution < -0.4 is 0 Å². The van der Waals surface area contributed by atoms with Gasteiger partial charge < -0.3 is 0 Å². The first-order chi connectivity index (χ1) is 8.58. The molecular formula is C14H19Cl2NO. The lowest BCUT2D eigenvalue weighted by Gasteiger charge is -2.20. The second-order valence-electron chi connectivity index (χ2n) is 4.32. The molecule has 0 saturated heterocycles. The SMILES string of the molecule is CCCN(CCC)CC(=O)c1cc(Cl)ccc1Cl. The van der Waals surface area contributed by atoms with Crippen LogP contribution in [0, 0.1) is 0 Å². The minimum atomic E-state index is 0.0319. The van der Waals surface area contributed by atoms with E-state index in [4.69, 9.17) is 23.2 Å². The highest BCUT2D eigenvalue weighted by Crippen LogP contribution is 2.21. The smallest absolute Gasteiger partial charge is 0.178 e. The molecule has 0 aliphatic carbocycles. The Bertz CT molecular complexity index is 401. The molecule has 18 heavy (non-hydrogen) atoms. The van der Waals surface area contributed by atoms with E-state index in [0.717, 1.165) is 25.9 Å². The van der Waals surface area contributed by atoms with Crippen molar-refractivity contribution in [3.63, 3.8) is 0 Å². The van der Waals surface area contributed by atoms with Crippen molar-refractivity contribution < 1.29 is 4.79 Å². The van der Waals surface area contributed by atoms with Crippen LogP contribution in [0.15, 0.2) is 18.2 Å². The van der Waals surface area contributed by atoms with Gasteiger partial charge in [0.15, 0.2) is 5.78 Å². The van der Waals surface area contributed by atoms with Crippen LogP contribution in [0.1, 0.15) is 37.0 Å². The van der Waals surface area contributed by atoms with Gasteiger partial charge in [-0.05, 0) is 44.1 Å². The summed E-state index contributed by atoms with van der Waals surface area (Å²) in [4.78, 5) is 14.3. The average Bonchev–Trinajstić information content (AvgIpc) is 2.33. The van der Waals surface area contributed by atoms with Gasteiger partial charge in [0.1, 0.15) is 0 Å². The number of rotatable bonds is 7. The molecule has 0 radical (unpaired) electrons. The van der Waals surface area contributed by atoms with Crippen molar-refractivity contribution in [1.29, 1.82) is 0 Å². The summed E-state index contributed by atoms with van der Waals surface area (Å²) in [5.41, 5.74) is 0.515. The number of hydrogen-bond acceptors (Lipinski definition) is 2. The zero-order chi connectivity index (χ0) is 13.5. The predicted molar refractivity (Wildman–Crippen MR) is 77.8 cm³/mol. The Labute approximate surface area is 119 Å². The molecule has 0 bridgehead atoms. The van der Waals surface area contributed by atoms with E-state index in [1.165, 1.54) is 0 Å². The third-order valence-electron chi connectivity index (χ3n) is 2.68. The van der Waals surface area contributed by atoms with Gasteiger partial charge in [-0.15, -0.1) is 0 Å². The number of halogens is 2. The first-order valence-corrected chi connectivity index (χ1v) is 7.04. The van der Waals surface area contributed by atoms with Gasteiger partial charge in [-0.3, -0.25) is 9.69 Å². The Morgan fingerprint density at radius 2 is 1.78 bits per heavy atom. The monoisotopic (exact) mass is 287 g/mol. The molecule has 0 aliphatic rings. The fraction of sp³-hybridized carbons (Fsp3) is 0.500. The molecule has 4 heteroatoms. The summed E-state index contributed by atoms with van der Waals surface area (Å²) in [5.74, 6) is 0.0319. The maximum atomic E-state index is 12.2. The summed E-state index contributed by atoms with van der Waals surface area (Å²) < 4.78 is 0. The Morgan fingerprint density at radius 3 is 2.33 bits per heavy atom. The first-order valence-electron chi connectivity index (χ1n) is 6.29. The summed E-state index contributed by atoms with van der Waals surface area (Å²) in [6.45, 7) is 6.48. The number of ketones is 1. The molecule has 0 amide bonds. The minimum absolute atomic E-state index is 0.0319. The van der Waals surface area contributed by atoms with E-state index in [1.54, 1.807) is 18.2 Å². The lowest BCUT2D eigenvalue weighted by molar-refractivity contribution is 0.0931. The Hall–Kier alpha value is -0.570. The molecule has 2 nitrogen and oxygen atoms in total. The topological polar surface area (TPSA) is 20.3 Å². The van der Waals surface area contributed by atoms with Crippen LogP contribution in [0.25, 0.3) is 0 Å². The number of benzene rings is 1. The van der Waals surface area contributed by atoms with Crippen molar-refractivity contribution in [2.24, 2.45) is 0 Å². The summed E-state index contributed by atoms with van der Waals surface area (Å²) in [6.07, 6.45) is 2.08. The molecule has 0 spiro atoms. The van der Waals surface area contributed by atoms with E-state index < -0.39 is 0 Å². The lowest BCUT2D eigenvalue weighted by atomic mass is 10.1. The number of carbonyl (C=O) groups is 1. The maximum absolute atomic E-state index is 12.2. The van der Waals surface area contributed by atoms with E-state index in [2.05, 4.69) is 18.7 Å². The maximum Gasteiger partial charge on any atom is 0.178 e. The molecule has 1 aromatic carbocycles. The van der Waals surface area contributed by atoms with Crippen molar-refractivity contribution in [3.05, 3.63) is 33.8 Å². The van der Waals surface area contributed by atoms with Crippen LogP contribution >= 0.6 is 23.2 Å². The Kier molecular flexibility index (Phi) is 6.69. The first kappa shape index (κ1) is 15.5. The highest BCUT2D eigenvalue weighted by molar-refractivity contribution is 6.36. The van der Waals surface area contributed by atoms with Gasteiger partial charge in [-0.2, -0.15) is 0 Å². The molecular weight excluding hydrogens is 269 g/mol. The molecule has 0 aliphatic heterocycles. The standard InChI is InChI=1S/C14H19Cl2NO/c1-3-7-17(8-4-2)10-14(18)12-9-11(15)5-6-13(12)16/h5-6,9H,3-4,7-8,10H2,1-2H3. The Balaban J connectivity index is 2.76. The molecule has 0 fully saturated rings. The minimum Gasteiger partial charge on any atom is -0.296 e. The van der Waals surface area contributed by atoms with Crippen molar-refractivity contribution >= 4 is 29.0 Å². The van der Waals surface area contributed by atoms with E-state index in [9.17, 15) is 4.79 Å². The molecule has 0 heterocycles. The molecule has 1 aromatic rings. The Morgan fingerprint density at radius 1 is 1.17 bits per heavy atom. The third-order valence-corrected chi connectivity index (χ3v) is 3.24. The van der Waals surface area contributed by atoms with Gasteiger partial charge >= 0.3 is 0 Å². The van der Waals surface area contributed by atoms with Crippen LogP contribution in [0.2, 0.25) is 10.0 Å². The van der Waals surface area contributed by atoms with Crippen LogP contribution in [0.3, 0.4) is 0 Å². The average molecular weight is 288 g/mol. The fourth-order valence-corrected chi connectivity index (χ4v) is 2.30. The van der Waals surface area contributed by atoms with Gasteiger partial charge in [0, 0.05) is 10.6 Å². The second kappa shape index (κ2) is 7.78. The van der Waals surface area contributed by atoms with Crippen molar-refractivity contribution in [3.8, 4) is 0 Å². The van der Waals surface area contributed by atoms with Gasteiger partial charge in [-0.25, -0.2) is 0 Å². The highest BCUT2D eigenvalue weighted by atomic mass is 35.5. The zero-order valence-electron chi connectivity index (χ0n) is 10.9. The summed E-state index contributed by atoms with van der Waals surface area (Å²) in [7, 11) is 0. The van der Waals surface area contributed by atoms with Crippen LogP contribution in [-0.2, 0) is 0 Å². The number of carbonyl (C=O) groups excluding carboxylic acids is 1. The molecule has 0 aromatic heterocycles. The quantitative estimate of drug-likeness (QED) is 0.697. The van der Waals surface area contributed by atoms with Gasteiger partial charge in [0.25, 0.3) is 0 Å². The molecule has 1 rings (SSSR count). The van der Waals surface area contributed by atoms with E-state index in [-0.39, 0.29) is 5.78 Å². The van der Waals surface area contributed by atoms with Crippen molar-refractivity contribution in [2.45, 2.75) is 26.7 Å². The number of Topliss-reactive ketones (excluding diaryl/α,β-unsaturated/α-hetero) is 1. The predicted octanol–water partition coefficient (Wildman–Crippen LogP) is 4.30. The third kappa shape index (κ3) is 4.60. The summed E-state index contributed by atoms with van der Waals surface area (Å²) in [6, 6.07) is 5.00. The normalized spacial score (nSPS) is 10.9. The van der Waals surface area contributed by atoms with Gasteiger partial charge in [0.05, 0.1) is 11.6 Å². The lowest BCUT2D eigenvalue weighted by Crippen LogP contribution is -2.31. The number of nitrogens with zero attached hydrogens (tertiary/aromatic N) is 1. The summed E-state index contributed by atoms with van der Waals surface area (Å²) >= 11 is 11.9. The highest BCUT2D eigenvalue weighted by Gasteiger charge is 2.14. The largest absolute Gasteiger partial charge is 0.296 e. The zero-order valence-corrected chi connectivity index (χ0v) is 12.4. The van der Waals surface area contributed by atoms with E-state index in [0.29, 0.717) is 22.2 Å². The number of hydrogen-bond donors (Lipinski definition) is 0. The van der Waals surface area contributed by atoms with Gasteiger partial charge in [-0.1, -0.05) is 37.0 Å². The van der Waals surface area contributed by atoms with E-state index >= 15 is 0 Å². The molecule has 0 unspecified atom stereocenters. The fourth-order valence-electron chi connectivity index (χ4n) is 1.90. The van der Waals surface area contributed by atoms with Crippen LogP contribution in [0.5, 0.6) is 0 Å². The summed E-state index contributed by atoms with van der Waals surface area (Å²) in [5, 5.41) is 1.01. The van der Waals surface area contributed by atoms with Crippen LogP contribution in [-0.4, -0.2) is 30.3 Å². The second-order valence-corrected chi connectivity index (χ2v) is 5.17. The van der Waals surface area contributed by atoms with Gasteiger partial charge in [0.2, 0.25) is 0 Å².